The van der Waals surface area contributed by atoms with Gasteiger partial charge in [-0.2, -0.15) is 0 Å². The molecule has 0 amide bonds. The van der Waals surface area contributed by atoms with E-state index in [1.807, 2.05) is 12.4 Å². The van der Waals surface area contributed by atoms with E-state index < -0.39 is 0 Å². The van der Waals surface area contributed by atoms with E-state index in [4.69, 9.17) is 4.74 Å². The van der Waals surface area contributed by atoms with Crippen LogP contribution in [-0.2, 0) is 9.53 Å². The fourth-order valence-electron chi connectivity index (χ4n) is 4.91. The number of likely N-dealkylation sites (tertiary alicyclic amines) is 1. The Balaban J connectivity index is 1.20. The van der Waals surface area contributed by atoms with Gasteiger partial charge < -0.3 is 14.5 Å². The molecule has 4 heterocycles. The molecule has 1 aromatic heterocycles. The molecule has 5 heteroatoms. The lowest BCUT2D eigenvalue weighted by Crippen LogP contribution is -2.72. The summed E-state index contributed by atoms with van der Waals surface area (Å²) in [4.78, 5) is 21.2. The molecule has 0 aromatic carbocycles. The fraction of sp³-hybridized carbons (Fsp3) is 0.700. The summed E-state index contributed by atoms with van der Waals surface area (Å²) in [5, 5.41) is 0. The summed E-state index contributed by atoms with van der Waals surface area (Å²) in [6.45, 7) is 9.94. The van der Waals surface area contributed by atoms with Crippen molar-refractivity contribution in [2.75, 3.05) is 37.6 Å². The molecule has 0 bridgehead atoms. The lowest BCUT2D eigenvalue weighted by atomic mass is 9.72. The van der Waals surface area contributed by atoms with Gasteiger partial charge in [0.2, 0.25) is 0 Å². The van der Waals surface area contributed by atoms with Gasteiger partial charge >= 0.3 is 5.97 Å². The van der Waals surface area contributed by atoms with Crippen LogP contribution in [0.4, 0.5) is 5.69 Å². The molecule has 1 unspecified atom stereocenters. The maximum atomic E-state index is 12.2. The average Bonchev–Trinajstić information content (AvgIpc) is 2.89. The number of esters is 1. The SMILES string of the molecule is CCC1(CC)CC(CCN2CC3(C2)CN(c2ccncc2)C3)OC1=O. The molecule has 136 valence electrons. The summed E-state index contributed by atoms with van der Waals surface area (Å²) >= 11 is 0. The maximum absolute atomic E-state index is 12.2. The van der Waals surface area contributed by atoms with Crippen molar-refractivity contribution in [1.82, 2.24) is 9.88 Å². The Bertz CT molecular complexity index is 615. The van der Waals surface area contributed by atoms with Crippen LogP contribution in [0, 0.1) is 10.8 Å². The second-order valence-corrected chi connectivity index (χ2v) is 8.28. The van der Waals surface area contributed by atoms with Gasteiger partial charge in [-0.05, 0) is 31.4 Å². The molecule has 1 aromatic rings. The van der Waals surface area contributed by atoms with Crippen LogP contribution in [0.2, 0.25) is 0 Å². The van der Waals surface area contributed by atoms with Crippen LogP contribution in [0.5, 0.6) is 0 Å². The van der Waals surface area contributed by atoms with Crippen molar-refractivity contribution in [2.45, 2.75) is 45.6 Å². The minimum atomic E-state index is -0.208. The van der Waals surface area contributed by atoms with Crippen molar-refractivity contribution in [1.29, 1.82) is 0 Å². The van der Waals surface area contributed by atoms with E-state index in [1.165, 1.54) is 18.8 Å². The standard InChI is InChI=1S/C20H29N3O2/c1-3-20(4-2)11-17(25-18(20)24)7-10-22-12-19(13-22)14-23(15-19)16-5-8-21-9-6-16/h5-6,8-9,17H,3-4,7,10-15H2,1-2H3. The molecule has 3 saturated heterocycles. The number of ether oxygens (including phenoxy) is 1. The zero-order chi connectivity index (χ0) is 17.5. The molecule has 0 saturated carbocycles. The highest BCUT2D eigenvalue weighted by molar-refractivity contribution is 5.78. The number of carbonyl (C=O) groups excluding carboxylic acids is 1. The number of rotatable bonds is 6. The van der Waals surface area contributed by atoms with Crippen molar-refractivity contribution in [3.05, 3.63) is 24.5 Å². The normalized spacial score (nSPS) is 27.0. The lowest BCUT2D eigenvalue weighted by molar-refractivity contribution is -0.149. The smallest absolute Gasteiger partial charge is 0.312 e. The number of nitrogens with zero attached hydrogens (tertiary/aromatic N) is 3. The van der Waals surface area contributed by atoms with E-state index in [2.05, 4.69) is 40.8 Å². The first kappa shape index (κ1) is 16.8. The van der Waals surface area contributed by atoms with Crippen LogP contribution in [0.25, 0.3) is 0 Å². The molecule has 3 fully saturated rings. The van der Waals surface area contributed by atoms with Crippen LogP contribution < -0.4 is 4.90 Å². The molecule has 3 aliphatic rings. The highest BCUT2D eigenvalue weighted by Gasteiger charge is 2.52. The minimum absolute atomic E-state index is 0.0366. The average molecular weight is 343 g/mol. The van der Waals surface area contributed by atoms with E-state index in [0.29, 0.717) is 5.41 Å². The topological polar surface area (TPSA) is 45.7 Å². The highest BCUT2D eigenvalue weighted by atomic mass is 16.6. The van der Waals surface area contributed by atoms with Gasteiger partial charge in [0.15, 0.2) is 0 Å². The van der Waals surface area contributed by atoms with Gasteiger partial charge in [0, 0.05) is 62.6 Å². The molecule has 25 heavy (non-hydrogen) atoms. The molecular formula is C20H29N3O2. The molecule has 0 radical (unpaired) electrons. The van der Waals surface area contributed by atoms with Gasteiger partial charge in [0.05, 0.1) is 5.41 Å². The number of hydrogen-bond donors (Lipinski definition) is 0. The number of pyridine rings is 1. The van der Waals surface area contributed by atoms with Gasteiger partial charge in [0.1, 0.15) is 6.10 Å². The minimum Gasteiger partial charge on any atom is -0.462 e. The zero-order valence-corrected chi connectivity index (χ0v) is 15.4. The van der Waals surface area contributed by atoms with Gasteiger partial charge in [-0.25, -0.2) is 0 Å². The Hall–Kier alpha value is -1.62. The first-order valence-corrected chi connectivity index (χ1v) is 9.66. The second kappa shape index (κ2) is 6.27. The van der Waals surface area contributed by atoms with Crippen molar-refractivity contribution in [3.63, 3.8) is 0 Å². The third-order valence-corrected chi connectivity index (χ3v) is 6.64. The van der Waals surface area contributed by atoms with Gasteiger partial charge in [-0.1, -0.05) is 13.8 Å². The number of anilines is 1. The quantitative estimate of drug-likeness (QED) is 0.743. The monoisotopic (exact) mass is 343 g/mol. The number of carbonyl (C=O) groups is 1. The Labute approximate surface area is 150 Å². The van der Waals surface area contributed by atoms with Crippen LogP contribution in [0.15, 0.2) is 24.5 Å². The third-order valence-electron chi connectivity index (χ3n) is 6.64. The lowest BCUT2D eigenvalue weighted by Gasteiger charge is -2.61. The van der Waals surface area contributed by atoms with E-state index in [9.17, 15) is 4.79 Å². The summed E-state index contributed by atoms with van der Waals surface area (Å²) in [7, 11) is 0. The second-order valence-electron chi connectivity index (χ2n) is 8.28. The van der Waals surface area contributed by atoms with Crippen LogP contribution in [0.1, 0.15) is 39.5 Å². The van der Waals surface area contributed by atoms with Gasteiger partial charge in [0.25, 0.3) is 0 Å². The predicted molar refractivity (Wildman–Crippen MR) is 97.5 cm³/mol. The Morgan fingerprint density at radius 3 is 2.44 bits per heavy atom. The van der Waals surface area contributed by atoms with Crippen LogP contribution in [0.3, 0.4) is 0 Å². The van der Waals surface area contributed by atoms with Crippen molar-refractivity contribution < 1.29 is 9.53 Å². The first-order valence-electron chi connectivity index (χ1n) is 9.66. The number of hydrogen-bond acceptors (Lipinski definition) is 5. The Morgan fingerprint density at radius 1 is 1.16 bits per heavy atom. The van der Waals surface area contributed by atoms with Crippen LogP contribution in [-0.4, -0.2) is 54.7 Å². The molecule has 1 spiro atoms. The number of aromatic nitrogens is 1. The maximum Gasteiger partial charge on any atom is 0.312 e. The fourth-order valence-corrected chi connectivity index (χ4v) is 4.91. The zero-order valence-electron chi connectivity index (χ0n) is 15.4. The predicted octanol–water partition coefficient (Wildman–Crippen LogP) is 2.72. The summed E-state index contributed by atoms with van der Waals surface area (Å²) in [6, 6.07) is 4.18. The first-order chi connectivity index (χ1) is 12.1. The molecule has 3 aliphatic heterocycles. The summed E-state index contributed by atoms with van der Waals surface area (Å²) in [6.07, 6.45) is 7.54. The summed E-state index contributed by atoms with van der Waals surface area (Å²) < 4.78 is 5.67. The van der Waals surface area contributed by atoms with E-state index in [-0.39, 0.29) is 17.5 Å². The molecule has 5 nitrogen and oxygen atoms in total. The largest absolute Gasteiger partial charge is 0.462 e. The highest BCUT2D eigenvalue weighted by Crippen LogP contribution is 2.43. The number of cyclic esters (lactones) is 1. The molecule has 4 rings (SSSR count). The van der Waals surface area contributed by atoms with Crippen molar-refractivity contribution in [2.24, 2.45) is 10.8 Å². The third kappa shape index (κ3) is 2.92. The molecular weight excluding hydrogens is 314 g/mol. The van der Waals surface area contributed by atoms with E-state index >= 15 is 0 Å². The Morgan fingerprint density at radius 2 is 1.84 bits per heavy atom. The van der Waals surface area contributed by atoms with Crippen molar-refractivity contribution in [3.8, 4) is 0 Å². The van der Waals surface area contributed by atoms with Gasteiger partial charge in [-0.15, -0.1) is 0 Å². The van der Waals surface area contributed by atoms with Crippen LogP contribution >= 0.6 is 0 Å². The summed E-state index contributed by atoms with van der Waals surface area (Å²) in [5.41, 5.74) is 1.57. The van der Waals surface area contributed by atoms with Gasteiger partial charge in [-0.3, -0.25) is 9.78 Å². The molecule has 0 aliphatic carbocycles. The molecule has 1 atom stereocenters. The van der Waals surface area contributed by atoms with E-state index in [1.54, 1.807) is 0 Å². The van der Waals surface area contributed by atoms with E-state index in [0.717, 1.165) is 45.3 Å². The molecule has 0 N–H and O–H groups in total. The summed E-state index contributed by atoms with van der Waals surface area (Å²) in [5.74, 6) is 0.0366. The van der Waals surface area contributed by atoms with Crippen molar-refractivity contribution >= 4 is 11.7 Å². The Kier molecular flexibility index (Phi) is 4.22.